The van der Waals surface area contributed by atoms with Gasteiger partial charge in [-0.15, -0.1) is 0 Å². The molecule has 2 rings (SSSR count). The molecule has 1 heterocycles. The molecule has 2 atom stereocenters. The summed E-state index contributed by atoms with van der Waals surface area (Å²) in [5.41, 5.74) is 0. The number of carboxylic acid groups (broad SMARTS) is 1. The number of rotatable bonds is 4. The van der Waals surface area contributed by atoms with Gasteiger partial charge in [0.15, 0.2) is 0 Å². The third-order valence-corrected chi connectivity index (χ3v) is 3.68. The van der Waals surface area contributed by atoms with Gasteiger partial charge in [0, 0.05) is 13.1 Å². The molecule has 20 heavy (non-hydrogen) atoms. The van der Waals surface area contributed by atoms with Crippen molar-refractivity contribution in [1.29, 1.82) is 0 Å². The number of aliphatic carboxylic acids is 1. The largest absolute Gasteiger partial charge is 0.481 e. The maximum atomic E-state index is 11.8. The van der Waals surface area contributed by atoms with E-state index in [1.54, 1.807) is 0 Å². The quantitative estimate of drug-likeness (QED) is 0.660. The zero-order valence-corrected chi connectivity index (χ0v) is 11.2. The number of likely N-dealkylation sites (N-methyl/N-ethyl adjacent to an activating group) is 1. The highest BCUT2D eigenvalue weighted by Gasteiger charge is 2.36. The predicted octanol–water partition coefficient (Wildman–Crippen LogP) is -0.750. The van der Waals surface area contributed by atoms with E-state index in [2.05, 4.69) is 5.32 Å². The van der Waals surface area contributed by atoms with Gasteiger partial charge in [-0.25, -0.2) is 4.79 Å². The van der Waals surface area contributed by atoms with E-state index in [9.17, 15) is 19.2 Å². The predicted molar refractivity (Wildman–Crippen MR) is 66.6 cm³/mol. The molecule has 0 bridgehead atoms. The number of hydrogen-bond donors (Lipinski definition) is 2. The van der Waals surface area contributed by atoms with Crippen LogP contribution in [-0.2, 0) is 14.4 Å². The van der Waals surface area contributed by atoms with E-state index < -0.39 is 29.7 Å². The second kappa shape index (κ2) is 5.48. The standard InChI is InChI=1S/C12H17N3O5/c1-14-6-10(17)15(12(14)20)5-9(16)13-8-3-2-7(4-8)11(18)19/h7-8H,2-6H2,1H3,(H,13,16)(H,18,19)/t7-,8+/m1/s1. The number of amides is 4. The Bertz CT molecular complexity index is 464. The van der Waals surface area contributed by atoms with Crippen LogP contribution >= 0.6 is 0 Å². The van der Waals surface area contributed by atoms with Crippen LogP contribution < -0.4 is 5.32 Å². The molecule has 0 unspecified atom stereocenters. The molecule has 2 N–H and O–H groups in total. The highest BCUT2D eigenvalue weighted by atomic mass is 16.4. The molecule has 8 heteroatoms. The Balaban J connectivity index is 1.83. The third kappa shape index (κ3) is 2.89. The fourth-order valence-corrected chi connectivity index (χ4v) is 2.58. The first kappa shape index (κ1) is 14.3. The van der Waals surface area contributed by atoms with Gasteiger partial charge in [0.1, 0.15) is 13.1 Å². The first-order valence-electron chi connectivity index (χ1n) is 6.46. The Kier molecular flexibility index (Phi) is 3.91. The van der Waals surface area contributed by atoms with E-state index in [4.69, 9.17) is 5.11 Å². The smallest absolute Gasteiger partial charge is 0.327 e. The first-order valence-corrected chi connectivity index (χ1v) is 6.46. The van der Waals surface area contributed by atoms with Gasteiger partial charge in [0.05, 0.1) is 5.92 Å². The van der Waals surface area contributed by atoms with Crippen molar-refractivity contribution < 1.29 is 24.3 Å². The van der Waals surface area contributed by atoms with Crippen LogP contribution in [0.1, 0.15) is 19.3 Å². The lowest BCUT2D eigenvalue weighted by Crippen LogP contribution is -2.44. The topological polar surface area (TPSA) is 107 Å². The van der Waals surface area contributed by atoms with Crippen molar-refractivity contribution in [3.63, 3.8) is 0 Å². The third-order valence-electron chi connectivity index (χ3n) is 3.68. The van der Waals surface area contributed by atoms with E-state index in [0.29, 0.717) is 19.3 Å². The van der Waals surface area contributed by atoms with Crippen molar-refractivity contribution in [2.45, 2.75) is 25.3 Å². The number of nitrogens with one attached hydrogen (secondary N) is 1. The van der Waals surface area contributed by atoms with Gasteiger partial charge in [0.25, 0.3) is 5.91 Å². The molecule has 1 aliphatic carbocycles. The number of hydrogen-bond acceptors (Lipinski definition) is 4. The van der Waals surface area contributed by atoms with Crippen LogP contribution in [0.15, 0.2) is 0 Å². The summed E-state index contributed by atoms with van der Waals surface area (Å²) >= 11 is 0. The summed E-state index contributed by atoms with van der Waals surface area (Å²) in [6.45, 7) is -0.327. The summed E-state index contributed by atoms with van der Waals surface area (Å²) in [6, 6.07) is -0.686. The molecule has 0 radical (unpaired) electrons. The normalized spacial score (nSPS) is 26.2. The van der Waals surface area contributed by atoms with Crippen molar-refractivity contribution in [3.8, 4) is 0 Å². The molecule has 2 fully saturated rings. The number of carbonyl (C=O) groups is 4. The van der Waals surface area contributed by atoms with E-state index in [0.717, 1.165) is 4.90 Å². The van der Waals surface area contributed by atoms with Gasteiger partial charge in [-0.05, 0) is 19.3 Å². The van der Waals surface area contributed by atoms with Gasteiger partial charge in [0.2, 0.25) is 5.91 Å². The minimum absolute atomic E-state index is 0.0172. The van der Waals surface area contributed by atoms with Crippen molar-refractivity contribution in [3.05, 3.63) is 0 Å². The molecule has 110 valence electrons. The Labute approximate surface area is 115 Å². The molecule has 0 aromatic rings. The van der Waals surface area contributed by atoms with Crippen molar-refractivity contribution in [1.82, 2.24) is 15.1 Å². The van der Waals surface area contributed by atoms with Crippen LogP contribution in [0, 0.1) is 5.92 Å². The van der Waals surface area contributed by atoms with E-state index in [1.165, 1.54) is 11.9 Å². The number of carboxylic acids is 1. The lowest BCUT2D eigenvalue weighted by molar-refractivity contribution is -0.141. The first-order chi connectivity index (χ1) is 9.38. The minimum atomic E-state index is -0.853. The van der Waals surface area contributed by atoms with Crippen molar-refractivity contribution in [2.24, 2.45) is 5.92 Å². The second-order valence-corrected chi connectivity index (χ2v) is 5.23. The van der Waals surface area contributed by atoms with E-state index >= 15 is 0 Å². The highest BCUT2D eigenvalue weighted by molar-refractivity contribution is 6.04. The molecular weight excluding hydrogens is 266 g/mol. The summed E-state index contributed by atoms with van der Waals surface area (Å²) < 4.78 is 0. The van der Waals surface area contributed by atoms with E-state index in [1.807, 2.05) is 0 Å². The Morgan fingerprint density at radius 2 is 2.05 bits per heavy atom. The van der Waals surface area contributed by atoms with Gasteiger partial charge in [-0.2, -0.15) is 0 Å². The fraction of sp³-hybridized carbons (Fsp3) is 0.667. The summed E-state index contributed by atoms with van der Waals surface area (Å²) in [5, 5.41) is 11.6. The molecule has 0 spiro atoms. The summed E-state index contributed by atoms with van der Waals surface area (Å²) in [6.07, 6.45) is 1.53. The van der Waals surface area contributed by atoms with Crippen LogP contribution in [0.2, 0.25) is 0 Å². The van der Waals surface area contributed by atoms with Crippen LogP contribution in [0.3, 0.4) is 0 Å². The summed E-state index contributed by atoms with van der Waals surface area (Å²) in [4.78, 5) is 47.9. The fourth-order valence-electron chi connectivity index (χ4n) is 2.58. The maximum absolute atomic E-state index is 11.8. The average Bonchev–Trinajstić information content (AvgIpc) is 2.91. The Morgan fingerprint density at radius 3 is 2.55 bits per heavy atom. The molecule has 2 aliphatic rings. The highest BCUT2D eigenvalue weighted by Crippen LogP contribution is 2.25. The molecule has 1 saturated heterocycles. The van der Waals surface area contributed by atoms with Gasteiger partial charge in [-0.3, -0.25) is 19.3 Å². The molecule has 8 nitrogen and oxygen atoms in total. The maximum Gasteiger partial charge on any atom is 0.327 e. The van der Waals surface area contributed by atoms with Crippen LogP contribution in [0.25, 0.3) is 0 Å². The number of nitrogens with zero attached hydrogens (tertiary/aromatic N) is 2. The minimum Gasteiger partial charge on any atom is -0.481 e. The molecular formula is C12H17N3O5. The van der Waals surface area contributed by atoms with Gasteiger partial charge >= 0.3 is 12.0 Å². The molecule has 1 aliphatic heterocycles. The number of urea groups is 1. The monoisotopic (exact) mass is 283 g/mol. The second-order valence-electron chi connectivity index (χ2n) is 5.23. The zero-order valence-electron chi connectivity index (χ0n) is 11.2. The molecule has 0 aromatic carbocycles. The number of carbonyl (C=O) groups excluding carboxylic acids is 3. The molecule has 4 amide bonds. The Morgan fingerprint density at radius 1 is 1.35 bits per heavy atom. The van der Waals surface area contributed by atoms with Crippen molar-refractivity contribution in [2.75, 3.05) is 20.1 Å². The van der Waals surface area contributed by atoms with Crippen molar-refractivity contribution >= 4 is 23.8 Å². The Hall–Kier alpha value is -2.12. The van der Waals surface area contributed by atoms with Crippen LogP contribution in [0.4, 0.5) is 4.79 Å². The van der Waals surface area contributed by atoms with Crippen LogP contribution in [0.5, 0.6) is 0 Å². The SMILES string of the molecule is CN1CC(=O)N(CC(=O)N[C@H]2CC[C@@H](C(=O)O)C2)C1=O. The molecule has 0 aromatic heterocycles. The van der Waals surface area contributed by atoms with E-state index in [-0.39, 0.29) is 19.1 Å². The average molecular weight is 283 g/mol. The summed E-state index contributed by atoms with van der Waals surface area (Å²) in [5.74, 6) is -2.12. The zero-order chi connectivity index (χ0) is 14.9. The number of imide groups is 1. The van der Waals surface area contributed by atoms with Gasteiger partial charge < -0.3 is 15.3 Å². The summed E-state index contributed by atoms with van der Waals surface area (Å²) in [7, 11) is 1.49. The van der Waals surface area contributed by atoms with Crippen LogP contribution in [-0.4, -0.2) is 64.9 Å². The lowest BCUT2D eigenvalue weighted by atomic mass is 10.1. The molecule has 1 saturated carbocycles. The lowest BCUT2D eigenvalue weighted by Gasteiger charge is -2.16. The van der Waals surface area contributed by atoms with Gasteiger partial charge in [-0.1, -0.05) is 0 Å².